The molecule has 490 valence electrons. The van der Waals surface area contributed by atoms with E-state index in [-0.39, 0.29) is 115 Å². The summed E-state index contributed by atoms with van der Waals surface area (Å²) in [5, 5.41) is 19.5. The van der Waals surface area contributed by atoms with Crippen LogP contribution in [0.4, 0.5) is 0 Å². The van der Waals surface area contributed by atoms with Crippen LogP contribution in [-0.4, -0.2) is 64.1 Å². The van der Waals surface area contributed by atoms with Gasteiger partial charge in [0.1, 0.15) is 17.5 Å². The molecular formula is C73H138O10. The van der Waals surface area contributed by atoms with Crippen molar-refractivity contribution in [1.82, 2.24) is 0 Å². The van der Waals surface area contributed by atoms with Crippen LogP contribution >= 0.6 is 0 Å². The molecule has 9 aliphatic rings. The van der Waals surface area contributed by atoms with Crippen LogP contribution in [0.2, 0.25) is 0 Å². The Kier molecular flexibility index (Phi) is 41.6. The van der Waals surface area contributed by atoms with Crippen LogP contribution in [-0.2, 0) is 38.1 Å². The van der Waals surface area contributed by atoms with E-state index < -0.39 is 23.1 Å². The predicted octanol–water partition coefficient (Wildman–Crippen LogP) is 20.8. The summed E-state index contributed by atoms with van der Waals surface area (Å²) in [7, 11) is 0. The van der Waals surface area contributed by atoms with Crippen LogP contribution < -0.4 is 0 Å². The molecule has 8 bridgehead atoms. The molecule has 9 fully saturated rings. The van der Waals surface area contributed by atoms with E-state index in [9.17, 15) is 24.3 Å². The average molecular weight is 1180 g/mol. The minimum absolute atomic E-state index is 0. The Balaban J connectivity index is -0.000000221. The van der Waals surface area contributed by atoms with Gasteiger partial charge >= 0.3 is 23.9 Å². The second kappa shape index (κ2) is 38.3. The number of phenolic OH excluding ortho intramolecular Hbond substituents is 1. The minimum Gasteiger partial charge on any atom is -0.508 e. The van der Waals surface area contributed by atoms with Crippen LogP contribution in [0.25, 0.3) is 0 Å². The number of benzene rings is 2. The highest BCUT2D eigenvalue weighted by Gasteiger charge is 2.58. The summed E-state index contributed by atoms with van der Waals surface area (Å²) < 4.78 is 21.8. The van der Waals surface area contributed by atoms with Crippen molar-refractivity contribution in [3.05, 3.63) is 65.7 Å². The lowest BCUT2D eigenvalue weighted by atomic mass is 9.50. The molecular weight excluding hydrogens is 1040 g/mol. The summed E-state index contributed by atoms with van der Waals surface area (Å²) in [4.78, 5) is 47.3. The number of hydrogen-bond acceptors (Lipinski definition) is 10. The Morgan fingerprint density at radius 3 is 1.34 bits per heavy atom. The van der Waals surface area contributed by atoms with Crippen molar-refractivity contribution in [2.24, 2.45) is 57.7 Å². The van der Waals surface area contributed by atoms with Gasteiger partial charge in [0.15, 0.2) is 0 Å². The van der Waals surface area contributed by atoms with Gasteiger partial charge in [-0.05, 0) is 221 Å². The molecule has 2 aromatic rings. The van der Waals surface area contributed by atoms with Gasteiger partial charge in [0.25, 0.3) is 0 Å². The molecule has 8 aliphatic carbocycles. The Labute approximate surface area is 514 Å². The lowest BCUT2D eigenvalue weighted by Gasteiger charge is -2.59. The van der Waals surface area contributed by atoms with E-state index in [4.69, 9.17) is 24.1 Å². The highest BCUT2D eigenvalue weighted by atomic mass is 16.6. The maximum absolute atomic E-state index is 12.5. The molecule has 0 aromatic heterocycles. The maximum atomic E-state index is 12.5. The summed E-state index contributed by atoms with van der Waals surface area (Å²) in [6, 6.07) is 18.1. The second-order valence-corrected chi connectivity index (χ2v) is 25.6. The zero-order chi connectivity index (χ0) is 54.1. The van der Waals surface area contributed by atoms with Crippen LogP contribution in [0.5, 0.6) is 5.75 Å². The Hall–Kier alpha value is -3.92. The molecule has 0 radical (unpaired) electrons. The fraction of sp³-hybridized carbons (Fsp3) is 0.781. The predicted molar refractivity (Wildman–Crippen MR) is 357 cm³/mol. The number of esters is 4. The van der Waals surface area contributed by atoms with Crippen molar-refractivity contribution in [2.75, 3.05) is 6.61 Å². The van der Waals surface area contributed by atoms with Gasteiger partial charge in [-0.1, -0.05) is 165 Å². The molecule has 8 saturated carbocycles. The molecule has 2 aromatic carbocycles. The molecule has 10 heteroatoms. The van der Waals surface area contributed by atoms with E-state index in [2.05, 4.69) is 71.9 Å². The Morgan fingerprint density at radius 1 is 0.566 bits per heavy atom. The molecule has 5 atom stereocenters. The van der Waals surface area contributed by atoms with Crippen LogP contribution in [0.15, 0.2) is 54.6 Å². The van der Waals surface area contributed by atoms with Crippen molar-refractivity contribution < 1.29 is 48.3 Å². The van der Waals surface area contributed by atoms with Crippen LogP contribution in [0.1, 0.15) is 297 Å². The van der Waals surface area contributed by atoms with E-state index in [0.717, 1.165) is 63.2 Å². The first kappa shape index (κ1) is 90.3. The highest BCUT2D eigenvalue weighted by Crippen LogP contribution is 2.60. The zero-order valence-electron chi connectivity index (χ0n) is 47.7. The molecule has 2 N–H and O–H groups in total. The quantitative estimate of drug-likeness (QED) is 0.147. The summed E-state index contributed by atoms with van der Waals surface area (Å²) in [6.07, 6.45) is 16.1. The largest absolute Gasteiger partial charge is 0.508 e. The molecule has 1 saturated heterocycles. The second-order valence-electron chi connectivity index (χ2n) is 25.6. The molecule has 1 aliphatic heterocycles. The average Bonchev–Trinajstić information content (AvgIpc) is 3.77. The van der Waals surface area contributed by atoms with Gasteiger partial charge in [0.05, 0.1) is 28.5 Å². The standard InChI is InChI=1S/C17H28O2.C16H26O3.C10H16O4.C10H14O.C10H14.10CH4/c1-5-16(2,3)15(18)19-17(4)13-7-11-6-12(9-13)10-14(17)8-11;1-4-15(2,3)14(17)19-13-11-5-10-6-12(13)9-16(18,7-10)8-11;1-4-10(2,3)9(12)14-7-5-6-13-8(7)11;1-3-8(2)9-4-6-10(11)7-5-9;1-3-9(2)10-7-5-4-6-8-10;;;;;;;;;;/h11-14H,5-10H2,1-4H3;10-13,18H,4-9H2,1-3H3;7H,4-6H2,1-3H3;4-8,11H,3H2,1-2H3;4-9H,3H2,1-2H3;10*1H4. The molecule has 0 spiro atoms. The summed E-state index contributed by atoms with van der Waals surface area (Å²) in [5.41, 5.74) is 0.887. The first-order chi connectivity index (χ1) is 34.2. The fourth-order valence-electron chi connectivity index (χ4n) is 12.4. The number of rotatable bonds is 13. The third-order valence-corrected chi connectivity index (χ3v) is 19.0. The van der Waals surface area contributed by atoms with Crippen molar-refractivity contribution in [1.29, 1.82) is 0 Å². The van der Waals surface area contributed by atoms with Crippen LogP contribution in [0, 0.1) is 57.7 Å². The van der Waals surface area contributed by atoms with Gasteiger partial charge in [-0.2, -0.15) is 0 Å². The van der Waals surface area contributed by atoms with Gasteiger partial charge in [0.2, 0.25) is 6.10 Å². The number of carbonyl (C=O) groups is 4. The third kappa shape index (κ3) is 23.4. The van der Waals surface area contributed by atoms with E-state index in [1.807, 2.05) is 53.7 Å². The lowest BCUT2D eigenvalue weighted by molar-refractivity contribution is -0.211. The van der Waals surface area contributed by atoms with E-state index in [1.165, 1.54) is 49.7 Å². The first-order valence-corrected chi connectivity index (χ1v) is 28.6. The normalized spacial score (nSPS) is 27.3. The van der Waals surface area contributed by atoms with Gasteiger partial charge in [-0.3, -0.25) is 14.4 Å². The molecule has 5 unspecified atom stereocenters. The molecule has 10 nitrogen and oxygen atoms in total. The molecule has 11 rings (SSSR count). The number of ether oxygens (including phenoxy) is 4. The van der Waals surface area contributed by atoms with Crippen molar-refractivity contribution >= 4 is 23.9 Å². The van der Waals surface area contributed by atoms with E-state index in [1.54, 1.807) is 26.0 Å². The van der Waals surface area contributed by atoms with Gasteiger partial charge in [0, 0.05) is 6.42 Å². The SMILES string of the molecule is C.C.C.C.C.C.C.C.C.C.CCC(C)(C)C(=O)OC1(C)C2CC3CC(C2)CC1C3.CCC(C)(C)C(=O)OC1C2CC3CC1CC(O)(C3)C2.CCC(C)(C)C(=O)OC1CCOC1=O.CCC(C)c1ccc(O)cc1.CCC(C)c1ccccc1. The minimum atomic E-state index is -0.687. The topological polar surface area (TPSA) is 146 Å². The molecule has 1 heterocycles. The Morgan fingerprint density at radius 2 is 0.964 bits per heavy atom. The summed E-state index contributed by atoms with van der Waals surface area (Å²) in [6.45, 7) is 29.0. The number of phenols is 1. The van der Waals surface area contributed by atoms with Gasteiger partial charge in [-0.15, -0.1) is 0 Å². The first-order valence-electron chi connectivity index (χ1n) is 28.6. The summed E-state index contributed by atoms with van der Waals surface area (Å²) >= 11 is 0. The van der Waals surface area contributed by atoms with E-state index >= 15 is 0 Å². The number of carbonyl (C=O) groups excluding carboxylic acids is 4. The van der Waals surface area contributed by atoms with Gasteiger partial charge < -0.3 is 29.2 Å². The number of cyclic esters (lactones) is 1. The fourth-order valence-corrected chi connectivity index (χ4v) is 12.4. The smallest absolute Gasteiger partial charge is 0.347 e. The monoisotopic (exact) mass is 1180 g/mol. The zero-order valence-corrected chi connectivity index (χ0v) is 47.7. The van der Waals surface area contributed by atoms with E-state index in [0.29, 0.717) is 66.6 Å². The van der Waals surface area contributed by atoms with Gasteiger partial charge in [-0.25, -0.2) is 4.79 Å². The third-order valence-electron chi connectivity index (χ3n) is 19.0. The van der Waals surface area contributed by atoms with Crippen molar-refractivity contribution in [3.63, 3.8) is 0 Å². The molecule has 0 amide bonds. The number of hydrogen-bond donors (Lipinski definition) is 2. The highest BCUT2D eigenvalue weighted by molar-refractivity contribution is 5.82. The van der Waals surface area contributed by atoms with Crippen molar-refractivity contribution in [3.8, 4) is 5.75 Å². The summed E-state index contributed by atoms with van der Waals surface area (Å²) in [5.74, 6) is 5.41. The van der Waals surface area contributed by atoms with Crippen molar-refractivity contribution in [2.45, 2.75) is 309 Å². The number of aliphatic hydroxyl groups is 1. The van der Waals surface area contributed by atoms with Crippen LogP contribution in [0.3, 0.4) is 0 Å². The lowest BCUT2D eigenvalue weighted by Crippen LogP contribution is -2.58. The maximum Gasteiger partial charge on any atom is 0.347 e. The number of aromatic hydroxyl groups is 1. The Bertz CT molecular complexity index is 2050. The molecule has 83 heavy (non-hydrogen) atoms.